The molecule has 0 radical (unpaired) electrons. The van der Waals surface area contributed by atoms with Crippen LogP contribution in [0.3, 0.4) is 0 Å². The summed E-state index contributed by atoms with van der Waals surface area (Å²) >= 11 is 3.41. The third-order valence-electron chi connectivity index (χ3n) is 2.81. The highest BCUT2D eigenvalue weighted by atomic mass is 79.9. The van der Waals surface area contributed by atoms with Crippen molar-refractivity contribution < 1.29 is 13.2 Å². The number of hydrogen-bond donors (Lipinski definition) is 2. The first kappa shape index (κ1) is 14.7. The Morgan fingerprint density at radius 2 is 1.80 bits per heavy atom. The minimum absolute atomic E-state index is 0.0758. The Morgan fingerprint density at radius 1 is 1.10 bits per heavy atom. The zero-order valence-electron chi connectivity index (χ0n) is 10.3. The number of halogens is 4. The molecule has 0 saturated carbocycles. The molecule has 0 aliphatic rings. The molecule has 0 aliphatic carbocycles. The molecule has 0 fully saturated rings. The van der Waals surface area contributed by atoms with E-state index in [0.29, 0.717) is 12.2 Å². The van der Waals surface area contributed by atoms with Crippen LogP contribution in [0.15, 0.2) is 46.9 Å². The Kier molecular flexibility index (Phi) is 4.23. The van der Waals surface area contributed by atoms with Gasteiger partial charge in [0.05, 0.1) is 16.9 Å². The third kappa shape index (κ3) is 3.45. The topological polar surface area (TPSA) is 38.0 Å². The fraction of sp³-hybridized carbons (Fsp3) is 0.143. The summed E-state index contributed by atoms with van der Waals surface area (Å²) in [4.78, 5) is 0. The Balaban J connectivity index is 2.13. The first-order chi connectivity index (χ1) is 9.38. The smallest absolute Gasteiger partial charge is 0.397 e. The van der Waals surface area contributed by atoms with Gasteiger partial charge in [0.15, 0.2) is 0 Å². The van der Waals surface area contributed by atoms with Crippen LogP contribution in [-0.2, 0) is 12.7 Å². The van der Waals surface area contributed by atoms with Crippen LogP contribution in [-0.4, -0.2) is 0 Å². The van der Waals surface area contributed by atoms with Gasteiger partial charge in [0.25, 0.3) is 0 Å². The van der Waals surface area contributed by atoms with Gasteiger partial charge in [0.2, 0.25) is 0 Å². The van der Waals surface area contributed by atoms with Gasteiger partial charge in [-0.3, -0.25) is 0 Å². The molecule has 0 aromatic heterocycles. The van der Waals surface area contributed by atoms with Crippen LogP contribution in [0.25, 0.3) is 0 Å². The number of hydrogen-bond acceptors (Lipinski definition) is 2. The zero-order chi connectivity index (χ0) is 14.8. The van der Waals surface area contributed by atoms with Crippen molar-refractivity contribution >= 4 is 27.3 Å². The second-order valence-corrected chi connectivity index (χ2v) is 5.10. The molecule has 0 saturated heterocycles. The maximum atomic E-state index is 12.5. The van der Waals surface area contributed by atoms with Gasteiger partial charge >= 0.3 is 6.18 Å². The van der Waals surface area contributed by atoms with Crippen molar-refractivity contribution in [2.45, 2.75) is 12.7 Å². The summed E-state index contributed by atoms with van der Waals surface area (Å²) in [7, 11) is 0. The Bertz CT molecular complexity index is 612. The normalized spacial score (nSPS) is 11.4. The third-order valence-corrected chi connectivity index (χ3v) is 3.58. The lowest BCUT2D eigenvalue weighted by Crippen LogP contribution is -2.08. The number of benzene rings is 2. The van der Waals surface area contributed by atoms with E-state index >= 15 is 0 Å². The molecule has 0 atom stereocenters. The lowest BCUT2D eigenvalue weighted by atomic mass is 10.1. The van der Waals surface area contributed by atoms with E-state index in [-0.39, 0.29) is 5.69 Å². The highest BCUT2D eigenvalue weighted by Gasteiger charge is 2.30. The minimum Gasteiger partial charge on any atom is -0.397 e. The molecule has 0 heterocycles. The Morgan fingerprint density at radius 3 is 2.40 bits per heavy atom. The molecular formula is C14H12BrF3N2. The summed E-state index contributed by atoms with van der Waals surface area (Å²) in [6, 6.07) is 10.9. The highest BCUT2D eigenvalue weighted by Crippen LogP contribution is 2.33. The summed E-state index contributed by atoms with van der Waals surface area (Å²) in [5.41, 5.74) is 6.45. The number of nitrogens with two attached hydrogens (primary N) is 1. The summed E-state index contributed by atoms with van der Waals surface area (Å²) in [5, 5.41) is 3.03. The van der Waals surface area contributed by atoms with E-state index in [1.165, 1.54) is 6.07 Å². The standard InChI is InChI=1S/C14H12BrF3N2/c15-11-4-2-1-3-9(11)8-20-13-6-5-10(7-12(13)19)14(16,17)18/h1-7,20H,8,19H2. The molecule has 20 heavy (non-hydrogen) atoms. The van der Waals surface area contributed by atoms with Crippen LogP contribution >= 0.6 is 15.9 Å². The molecular weight excluding hydrogens is 333 g/mol. The molecule has 3 N–H and O–H groups in total. The molecule has 0 aliphatic heterocycles. The second kappa shape index (κ2) is 5.75. The number of nitrogens with one attached hydrogen (secondary N) is 1. The fourth-order valence-electron chi connectivity index (χ4n) is 1.73. The van der Waals surface area contributed by atoms with Crippen molar-refractivity contribution in [2.75, 3.05) is 11.1 Å². The van der Waals surface area contributed by atoms with Crippen LogP contribution in [0.2, 0.25) is 0 Å². The van der Waals surface area contributed by atoms with Gasteiger partial charge in [-0.25, -0.2) is 0 Å². The van der Waals surface area contributed by atoms with Gasteiger partial charge in [-0.1, -0.05) is 34.1 Å². The van der Waals surface area contributed by atoms with Crippen LogP contribution < -0.4 is 11.1 Å². The molecule has 106 valence electrons. The average Bonchev–Trinajstić information content (AvgIpc) is 2.38. The predicted octanol–water partition coefficient (Wildman–Crippen LogP) is 4.66. The summed E-state index contributed by atoms with van der Waals surface area (Å²) < 4.78 is 38.5. The first-order valence-electron chi connectivity index (χ1n) is 5.82. The second-order valence-electron chi connectivity index (χ2n) is 4.24. The van der Waals surface area contributed by atoms with E-state index in [1.54, 1.807) is 0 Å². The van der Waals surface area contributed by atoms with Crippen molar-refractivity contribution in [2.24, 2.45) is 0 Å². The molecule has 0 amide bonds. The number of anilines is 2. The number of rotatable bonds is 3. The van der Waals surface area contributed by atoms with Gasteiger partial charge in [0.1, 0.15) is 0 Å². The molecule has 0 bridgehead atoms. The fourth-order valence-corrected chi connectivity index (χ4v) is 2.16. The molecule has 2 aromatic carbocycles. The van der Waals surface area contributed by atoms with Gasteiger partial charge < -0.3 is 11.1 Å². The first-order valence-corrected chi connectivity index (χ1v) is 6.61. The molecule has 6 heteroatoms. The maximum Gasteiger partial charge on any atom is 0.416 e. The minimum atomic E-state index is -4.38. The van der Waals surface area contributed by atoms with E-state index in [4.69, 9.17) is 5.73 Å². The maximum absolute atomic E-state index is 12.5. The predicted molar refractivity (Wildman–Crippen MR) is 77.3 cm³/mol. The van der Waals surface area contributed by atoms with E-state index < -0.39 is 11.7 Å². The number of alkyl halides is 3. The van der Waals surface area contributed by atoms with Crippen molar-refractivity contribution in [3.05, 3.63) is 58.1 Å². The largest absolute Gasteiger partial charge is 0.416 e. The quantitative estimate of drug-likeness (QED) is 0.794. The summed E-state index contributed by atoms with van der Waals surface area (Å²) in [6.07, 6.45) is -4.38. The van der Waals surface area contributed by atoms with Crippen molar-refractivity contribution in [3.63, 3.8) is 0 Å². The van der Waals surface area contributed by atoms with Crippen LogP contribution in [0.5, 0.6) is 0 Å². The zero-order valence-corrected chi connectivity index (χ0v) is 11.9. The van der Waals surface area contributed by atoms with E-state index in [9.17, 15) is 13.2 Å². The van der Waals surface area contributed by atoms with E-state index in [2.05, 4.69) is 21.2 Å². The van der Waals surface area contributed by atoms with Gasteiger partial charge in [-0.05, 0) is 29.8 Å². The average molecular weight is 345 g/mol. The molecule has 0 spiro atoms. The van der Waals surface area contributed by atoms with Crippen molar-refractivity contribution in [1.29, 1.82) is 0 Å². The van der Waals surface area contributed by atoms with Gasteiger partial charge in [0, 0.05) is 11.0 Å². The SMILES string of the molecule is Nc1cc(C(F)(F)F)ccc1NCc1ccccc1Br. The lowest BCUT2D eigenvalue weighted by molar-refractivity contribution is -0.137. The van der Waals surface area contributed by atoms with E-state index in [0.717, 1.165) is 22.2 Å². The van der Waals surface area contributed by atoms with Crippen molar-refractivity contribution in [3.8, 4) is 0 Å². The highest BCUT2D eigenvalue weighted by molar-refractivity contribution is 9.10. The molecule has 2 nitrogen and oxygen atoms in total. The van der Waals surface area contributed by atoms with Crippen LogP contribution in [0.1, 0.15) is 11.1 Å². The molecule has 2 aromatic rings. The number of nitrogen functional groups attached to an aromatic ring is 1. The monoisotopic (exact) mass is 344 g/mol. The van der Waals surface area contributed by atoms with Gasteiger partial charge in [-0.2, -0.15) is 13.2 Å². The Labute approximate surface area is 122 Å². The van der Waals surface area contributed by atoms with Crippen molar-refractivity contribution in [1.82, 2.24) is 0 Å². The molecule has 0 unspecified atom stereocenters. The van der Waals surface area contributed by atoms with Gasteiger partial charge in [-0.15, -0.1) is 0 Å². The van der Waals surface area contributed by atoms with Crippen LogP contribution in [0.4, 0.5) is 24.5 Å². The lowest BCUT2D eigenvalue weighted by Gasteiger charge is -2.13. The van der Waals surface area contributed by atoms with E-state index in [1.807, 2.05) is 24.3 Å². The molecule has 2 rings (SSSR count). The van der Waals surface area contributed by atoms with Crippen LogP contribution in [0, 0.1) is 0 Å². The Hall–Kier alpha value is -1.69. The summed E-state index contributed by atoms with van der Waals surface area (Å²) in [5.74, 6) is 0. The summed E-state index contributed by atoms with van der Waals surface area (Å²) in [6.45, 7) is 0.469.